The number of amides is 2. The fourth-order valence-electron chi connectivity index (χ4n) is 3.06. The monoisotopic (exact) mass is 312 g/mol. The van der Waals surface area contributed by atoms with Crippen LogP contribution in [-0.2, 0) is 20.9 Å². The molecule has 1 heterocycles. The van der Waals surface area contributed by atoms with Crippen molar-refractivity contribution in [3.8, 4) is 0 Å². The molecule has 1 fully saturated rings. The average Bonchev–Trinajstić information content (AvgIpc) is 2.87. The average molecular weight is 312 g/mol. The summed E-state index contributed by atoms with van der Waals surface area (Å²) in [5.41, 5.74) is 1.13. The highest BCUT2D eigenvalue weighted by Gasteiger charge is 2.30. The maximum absolute atomic E-state index is 12.2. The van der Waals surface area contributed by atoms with Crippen molar-refractivity contribution in [1.82, 2.24) is 10.2 Å². The standard InChI is InChI=1S/C18H20N2O3/c1-23-12-17(21)19-15-9-18(22)20(11-15)10-14-7-4-6-13-5-2-3-8-16(13)14/h2-8,15H,9-12H2,1H3,(H,19,21)/t15-/m0/s1. The highest BCUT2D eigenvalue weighted by atomic mass is 16.5. The third kappa shape index (κ3) is 3.51. The predicted octanol–water partition coefficient (Wildman–Crippen LogP) is 1.70. The van der Waals surface area contributed by atoms with E-state index in [2.05, 4.69) is 23.5 Å². The van der Waals surface area contributed by atoms with Gasteiger partial charge in [0.25, 0.3) is 0 Å². The Bertz CT molecular complexity index is 724. The van der Waals surface area contributed by atoms with E-state index in [9.17, 15) is 9.59 Å². The summed E-state index contributed by atoms with van der Waals surface area (Å²) in [6.45, 7) is 1.13. The molecule has 5 heteroatoms. The highest BCUT2D eigenvalue weighted by Crippen LogP contribution is 2.22. The summed E-state index contributed by atoms with van der Waals surface area (Å²) < 4.78 is 4.80. The summed E-state index contributed by atoms with van der Waals surface area (Å²) in [6.07, 6.45) is 0.347. The number of nitrogens with one attached hydrogen (secondary N) is 1. The number of ether oxygens (including phenoxy) is 1. The van der Waals surface area contributed by atoms with Crippen LogP contribution in [0.4, 0.5) is 0 Å². The zero-order chi connectivity index (χ0) is 16.2. The molecular formula is C18H20N2O3. The minimum absolute atomic E-state index is 0.0218. The molecule has 0 unspecified atom stereocenters. The Balaban J connectivity index is 1.70. The maximum atomic E-state index is 12.2. The first-order valence-corrected chi connectivity index (χ1v) is 7.70. The van der Waals surface area contributed by atoms with Crippen molar-refractivity contribution in [1.29, 1.82) is 0 Å². The quantitative estimate of drug-likeness (QED) is 0.914. The SMILES string of the molecule is COCC(=O)N[C@H]1CC(=O)N(Cc2cccc3ccccc23)C1. The van der Waals surface area contributed by atoms with Gasteiger partial charge in [-0.1, -0.05) is 42.5 Å². The first-order valence-electron chi connectivity index (χ1n) is 7.70. The van der Waals surface area contributed by atoms with E-state index in [0.717, 1.165) is 10.9 Å². The molecule has 1 atom stereocenters. The molecule has 5 nitrogen and oxygen atoms in total. The van der Waals surface area contributed by atoms with Gasteiger partial charge in [-0.2, -0.15) is 0 Å². The Kier molecular flexibility index (Phi) is 4.57. The van der Waals surface area contributed by atoms with E-state index < -0.39 is 0 Å². The van der Waals surface area contributed by atoms with Crippen LogP contribution in [0.3, 0.4) is 0 Å². The zero-order valence-electron chi connectivity index (χ0n) is 13.1. The fourth-order valence-corrected chi connectivity index (χ4v) is 3.06. The second-order valence-corrected chi connectivity index (χ2v) is 5.81. The lowest BCUT2D eigenvalue weighted by Crippen LogP contribution is -2.38. The number of hydrogen-bond acceptors (Lipinski definition) is 3. The fraction of sp³-hybridized carbons (Fsp3) is 0.333. The summed E-state index contributed by atoms with van der Waals surface area (Å²) >= 11 is 0. The Hall–Kier alpha value is -2.40. The number of likely N-dealkylation sites (tertiary alicyclic amines) is 1. The van der Waals surface area contributed by atoms with Gasteiger partial charge >= 0.3 is 0 Å². The van der Waals surface area contributed by atoms with Gasteiger partial charge in [0, 0.05) is 26.6 Å². The topological polar surface area (TPSA) is 58.6 Å². The molecule has 1 aliphatic rings. The van der Waals surface area contributed by atoms with Gasteiger partial charge in [-0.3, -0.25) is 9.59 Å². The van der Waals surface area contributed by atoms with Crippen LogP contribution >= 0.6 is 0 Å². The molecule has 1 saturated heterocycles. The second kappa shape index (κ2) is 6.79. The molecule has 0 bridgehead atoms. The first-order chi connectivity index (χ1) is 11.2. The number of hydrogen-bond donors (Lipinski definition) is 1. The number of carbonyl (C=O) groups is 2. The van der Waals surface area contributed by atoms with Gasteiger partial charge in [0.05, 0.1) is 6.04 Å². The van der Waals surface area contributed by atoms with Gasteiger partial charge in [-0.05, 0) is 16.3 Å². The van der Waals surface area contributed by atoms with Gasteiger partial charge in [0.15, 0.2) is 0 Å². The molecule has 1 aliphatic heterocycles. The number of benzene rings is 2. The van der Waals surface area contributed by atoms with E-state index in [1.54, 1.807) is 4.90 Å². The minimum Gasteiger partial charge on any atom is -0.375 e. The third-order valence-corrected chi connectivity index (χ3v) is 4.10. The number of fused-ring (bicyclic) bond motifs is 1. The van der Waals surface area contributed by atoms with Gasteiger partial charge in [0.1, 0.15) is 6.61 Å². The van der Waals surface area contributed by atoms with Crippen molar-refractivity contribution in [2.24, 2.45) is 0 Å². The molecule has 0 spiro atoms. The molecule has 0 aliphatic carbocycles. The largest absolute Gasteiger partial charge is 0.375 e. The maximum Gasteiger partial charge on any atom is 0.246 e. The van der Waals surface area contributed by atoms with Crippen molar-refractivity contribution in [3.63, 3.8) is 0 Å². The Labute approximate surface area is 135 Å². The Morgan fingerprint density at radius 3 is 2.87 bits per heavy atom. The molecule has 2 aromatic rings. The van der Waals surface area contributed by atoms with E-state index >= 15 is 0 Å². The summed E-state index contributed by atoms with van der Waals surface area (Å²) in [5, 5.41) is 5.17. The van der Waals surface area contributed by atoms with Crippen LogP contribution in [0, 0.1) is 0 Å². The minimum atomic E-state index is -0.183. The lowest BCUT2D eigenvalue weighted by atomic mass is 10.0. The van der Waals surface area contributed by atoms with E-state index in [-0.39, 0.29) is 24.5 Å². The van der Waals surface area contributed by atoms with Crippen LogP contribution in [0.5, 0.6) is 0 Å². The van der Waals surface area contributed by atoms with Gasteiger partial charge in [-0.15, -0.1) is 0 Å². The molecule has 23 heavy (non-hydrogen) atoms. The van der Waals surface area contributed by atoms with Crippen molar-refractivity contribution in [3.05, 3.63) is 48.0 Å². The lowest BCUT2D eigenvalue weighted by Gasteiger charge is -2.18. The van der Waals surface area contributed by atoms with Crippen LogP contribution < -0.4 is 5.32 Å². The van der Waals surface area contributed by atoms with Gasteiger partial charge in [-0.25, -0.2) is 0 Å². The molecule has 120 valence electrons. The zero-order valence-corrected chi connectivity index (χ0v) is 13.1. The lowest BCUT2D eigenvalue weighted by molar-refractivity contribution is -0.128. The molecule has 3 rings (SSSR count). The molecular weight excluding hydrogens is 292 g/mol. The highest BCUT2D eigenvalue weighted by molar-refractivity contribution is 5.87. The van der Waals surface area contributed by atoms with Crippen molar-refractivity contribution < 1.29 is 14.3 Å². The molecule has 0 aromatic heterocycles. The summed E-state index contributed by atoms with van der Waals surface area (Å²) in [6, 6.07) is 14.1. The number of methoxy groups -OCH3 is 1. The first kappa shape index (κ1) is 15.5. The van der Waals surface area contributed by atoms with E-state index in [4.69, 9.17) is 4.74 Å². The Morgan fingerprint density at radius 1 is 1.26 bits per heavy atom. The van der Waals surface area contributed by atoms with Crippen LogP contribution in [0.25, 0.3) is 10.8 Å². The number of rotatable bonds is 5. The van der Waals surface area contributed by atoms with Crippen LogP contribution in [0.15, 0.2) is 42.5 Å². The number of carbonyl (C=O) groups excluding carboxylic acids is 2. The van der Waals surface area contributed by atoms with Gasteiger partial charge < -0.3 is 15.0 Å². The summed E-state index contributed by atoms with van der Waals surface area (Å²) in [7, 11) is 1.48. The molecule has 0 radical (unpaired) electrons. The van der Waals surface area contributed by atoms with E-state index in [1.165, 1.54) is 12.5 Å². The normalized spacial score (nSPS) is 17.7. The van der Waals surface area contributed by atoms with Crippen LogP contribution in [0.1, 0.15) is 12.0 Å². The van der Waals surface area contributed by atoms with Gasteiger partial charge in [0.2, 0.25) is 11.8 Å². The molecule has 2 aromatic carbocycles. The summed E-state index contributed by atoms with van der Waals surface area (Å²) in [5.74, 6) is -0.113. The molecule has 0 saturated carbocycles. The molecule has 1 N–H and O–H groups in total. The van der Waals surface area contributed by atoms with Crippen molar-refractivity contribution >= 4 is 22.6 Å². The summed E-state index contributed by atoms with van der Waals surface area (Å²) in [4.78, 5) is 25.6. The van der Waals surface area contributed by atoms with E-state index in [1.807, 2.05) is 24.3 Å². The van der Waals surface area contributed by atoms with E-state index in [0.29, 0.717) is 19.5 Å². The van der Waals surface area contributed by atoms with Crippen molar-refractivity contribution in [2.45, 2.75) is 19.0 Å². The van der Waals surface area contributed by atoms with Crippen LogP contribution in [-0.4, -0.2) is 43.0 Å². The predicted molar refractivity (Wildman–Crippen MR) is 87.8 cm³/mol. The van der Waals surface area contributed by atoms with Crippen molar-refractivity contribution in [2.75, 3.05) is 20.3 Å². The second-order valence-electron chi connectivity index (χ2n) is 5.81. The Morgan fingerprint density at radius 2 is 2.04 bits per heavy atom. The third-order valence-electron chi connectivity index (χ3n) is 4.10. The smallest absolute Gasteiger partial charge is 0.246 e. The van der Waals surface area contributed by atoms with Crippen LogP contribution in [0.2, 0.25) is 0 Å². The number of nitrogens with zero attached hydrogens (tertiary/aromatic N) is 1. The molecule has 2 amide bonds.